The van der Waals surface area contributed by atoms with E-state index in [1.165, 1.54) is 32.4 Å². The van der Waals surface area contributed by atoms with Gasteiger partial charge in [-0.25, -0.2) is 0 Å². The molecule has 0 spiro atoms. The highest BCUT2D eigenvalue weighted by atomic mass is 35.5. The fraction of sp³-hybridized carbons (Fsp3) is 0.133. The number of carbonyl (C=O) groups excluding carboxylic acids is 1. The van der Waals surface area contributed by atoms with Gasteiger partial charge in [-0.3, -0.25) is 4.79 Å². The van der Waals surface area contributed by atoms with E-state index < -0.39 is 0 Å². The van der Waals surface area contributed by atoms with Gasteiger partial charge in [0, 0.05) is 22.9 Å². The van der Waals surface area contributed by atoms with Crippen molar-refractivity contribution in [2.24, 2.45) is 0 Å². The summed E-state index contributed by atoms with van der Waals surface area (Å²) in [4.78, 5) is 12.6. The second-order valence-corrected chi connectivity index (χ2v) is 5.07. The monoisotopic (exact) mass is 325 g/mol. The van der Waals surface area contributed by atoms with Crippen LogP contribution in [0, 0.1) is 0 Å². The van der Waals surface area contributed by atoms with Crippen molar-refractivity contribution in [3.05, 3.63) is 51.5 Å². The third kappa shape index (κ3) is 3.06. The van der Waals surface area contributed by atoms with Crippen LogP contribution in [0.25, 0.3) is 0 Å². The van der Waals surface area contributed by atoms with Crippen molar-refractivity contribution in [2.75, 3.05) is 20.0 Å². The molecule has 0 aliphatic carbocycles. The van der Waals surface area contributed by atoms with Gasteiger partial charge in [0.1, 0.15) is 0 Å². The van der Waals surface area contributed by atoms with Gasteiger partial charge >= 0.3 is 0 Å². The number of anilines is 1. The molecule has 4 nitrogen and oxygen atoms in total. The Hall–Kier alpha value is -1.91. The maximum absolute atomic E-state index is 12.6. The van der Waals surface area contributed by atoms with Crippen LogP contribution in [0.5, 0.6) is 11.5 Å². The molecule has 21 heavy (non-hydrogen) atoms. The molecule has 0 atom stereocenters. The van der Waals surface area contributed by atoms with Crippen LogP contribution >= 0.6 is 23.2 Å². The summed E-state index contributed by atoms with van der Waals surface area (Å²) in [6, 6.07) is 7.74. The minimum Gasteiger partial charge on any atom is -0.493 e. The zero-order valence-electron chi connectivity index (χ0n) is 11.4. The van der Waals surface area contributed by atoms with Crippen LogP contribution in [0.2, 0.25) is 10.0 Å². The number of carbonyl (C=O) groups is 1. The number of hydrogen-bond acceptors (Lipinski definition) is 4. The average molecular weight is 326 g/mol. The number of ketones is 1. The fourth-order valence-electron chi connectivity index (χ4n) is 1.89. The summed E-state index contributed by atoms with van der Waals surface area (Å²) in [6.45, 7) is 0. The summed E-state index contributed by atoms with van der Waals surface area (Å²) in [5.74, 6) is 0.515. The van der Waals surface area contributed by atoms with E-state index in [-0.39, 0.29) is 21.9 Å². The van der Waals surface area contributed by atoms with Gasteiger partial charge in [0.15, 0.2) is 17.3 Å². The Balaban J connectivity index is 2.55. The van der Waals surface area contributed by atoms with Crippen molar-refractivity contribution in [1.82, 2.24) is 0 Å². The lowest BCUT2D eigenvalue weighted by Crippen LogP contribution is -2.05. The molecular weight excluding hydrogens is 313 g/mol. The Labute approximate surface area is 132 Å². The van der Waals surface area contributed by atoms with Crippen molar-refractivity contribution < 1.29 is 14.3 Å². The van der Waals surface area contributed by atoms with Crippen LogP contribution in [0.4, 0.5) is 5.69 Å². The van der Waals surface area contributed by atoms with E-state index in [0.29, 0.717) is 22.2 Å². The molecule has 0 fully saturated rings. The van der Waals surface area contributed by atoms with E-state index in [4.69, 9.17) is 38.4 Å². The molecule has 6 heteroatoms. The predicted molar refractivity (Wildman–Crippen MR) is 83.9 cm³/mol. The Morgan fingerprint density at radius 3 is 2.14 bits per heavy atom. The lowest BCUT2D eigenvalue weighted by atomic mass is 10.0. The first kappa shape index (κ1) is 15.5. The van der Waals surface area contributed by atoms with Crippen LogP contribution in [0.15, 0.2) is 30.3 Å². The largest absolute Gasteiger partial charge is 0.493 e. The molecule has 0 amide bonds. The van der Waals surface area contributed by atoms with Crippen molar-refractivity contribution in [3.8, 4) is 11.5 Å². The number of nitrogens with two attached hydrogens (primary N) is 1. The van der Waals surface area contributed by atoms with E-state index in [0.717, 1.165) is 0 Å². The van der Waals surface area contributed by atoms with Crippen molar-refractivity contribution in [3.63, 3.8) is 0 Å². The summed E-state index contributed by atoms with van der Waals surface area (Å²) >= 11 is 12.2. The zero-order valence-corrected chi connectivity index (χ0v) is 13.0. The minimum absolute atomic E-state index is 0.246. The van der Waals surface area contributed by atoms with E-state index in [9.17, 15) is 4.79 Å². The number of halogens is 2. The van der Waals surface area contributed by atoms with Gasteiger partial charge in [-0.2, -0.15) is 0 Å². The highest BCUT2D eigenvalue weighted by Crippen LogP contribution is 2.35. The van der Waals surface area contributed by atoms with Gasteiger partial charge in [-0.15, -0.1) is 0 Å². The molecule has 0 heterocycles. The Morgan fingerprint density at radius 1 is 0.952 bits per heavy atom. The van der Waals surface area contributed by atoms with Crippen LogP contribution in [0.3, 0.4) is 0 Å². The molecule has 0 aliphatic rings. The van der Waals surface area contributed by atoms with E-state index in [1.807, 2.05) is 0 Å². The molecule has 2 aromatic carbocycles. The lowest BCUT2D eigenvalue weighted by Gasteiger charge is -2.12. The number of nitrogen functional groups attached to an aromatic ring is 1. The Bertz CT molecular complexity index is 702. The summed E-state index contributed by atoms with van der Waals surface area (Å²) in [7, 11) is 2.97. The lowest BCUT2D eigenvalue weighted by molar-refractivity contribution is 0.103. The second-order valence-electron chi connectivity index (χ2n) is 4.26. The molecule has 110 valence electrons. The Kier molecular flexibility index (Phi) is 4.60. The standard InChI is InChI=1S/C15H13Cl2NO3/c1-20-13-6-10(12(17)7-14(13)21-2)15(19)9-5-8(18)3-4-11(9)16/h3-7H,18H2,1-2H3. The second kappa shape index (κ2) is 6.24. The summed E-state index contributed by atoms with van der Waals surface area (Å²) in [5, 5.41) is 0.552. The van der Waals surface area contributed by atoms with Gasteiger partial charge in [-0.1, -0.05) is 23.2 Å². The summed E-state index contributed by atoms with van der Waals surface area (Å²) in [6.07, 6.45) is 0. The summed E-state index contributed by atoms with van der Waals surface area (Å²) < 4.78 is 10.3. The van der Waals surface area contributed by atoms with Crippen molar-refractivity contribution in [1.29, 1.82) is 0 Å². The first-order valence-corrected chi connectivity index (χ1v) is 6.74. The molecule has 2 aromatic rings. The molecule has 2 rings (SSSR count). The zero-order chi connectivity index (χ0) is 15.6. The summed E-state index contributed by atoms with van der Waals surface area (Å²) in [5.41, 5.74) is 6.69. The van der Waals surface area contributed by atoms with Crippen LogP contribution in [-0.2, 0) is 0 Å². The quantitative estimate of drug-likeness (QED) is 0.685. The highest BCUT2D eigenvalue weighted by Gasteiger charge is 2.19. The minimum atomic E-state index is -0.335. The van der Waals surface area contributed by atoms with Crippen LogP contribution < -0.4 is 15.2 Å². The maximum Gasteiger partial charge on any atom is 0.196 e. The van der Waals surface area contributed by atoms with Crippen LogP contribution in [0.1, 0.15) is 15.9 Å². The van der Waals surface area contributed by atoms with Crippen LogP contribution in [-0.4, -0.2) is 20.0 Å². The van der Waals surface area contributed by atoms with E-state index in [2.05, 4.69) is 0 Å². The number of hydrogen-bond donors (Lipinski definition) is 1. The van der Waals surface area contributed by atoms with E-state index in [1.54, 1.807) is 12.1 Å². The first-order valence-electron chi connectivity index (χ1n) is 5.99. The fourth-order valence-corrected chi connectivity index (χ4v) is 2.33. The smallest absolute Gasteiger partial charge is 0.196 e. The molecule has 0 aliphatic heterocycles. The first-order chi connectivity index (χ1) is 9.97. The molecule has 0 saturated heterocycles. The number of benzene rings is 2. The van der Waals surface area contributed by atoms with Crippen molar-refractivity contribution >= 4 is 34.7 Å². The molecule has 0 unspecified atom stereocenters. The topological polar surface area (TPSA) is 61.5 Å². The third-order valence-corrected chi connectivity index (χ3v) is 3.60. The van der Waals surface area contributed by atoms with Gasteiger partial charge in [0.2, 0.25) is 0 Å². The van der Waals surface area contributed by atoms with Gasteiger partial charge in [-0.05, 0) is 24.3 Å². The molecule has 2 N–H and O–H groups in total. The van der Waals surface area contributed by atoms with Gasteiger partial charge < -0.3 is 15.2 Å². The number of rotatable bonds is 4. The molecule has 0 saturated carbocycles. The average Bonchev–Trinajstić information content (AvgIpc) is 2.48. The number of methoxy groups -OCH3 is 2. The number of ether oxygens (including phenoxy) is 2. The van der Waals surface area contributed by atoms with Crippen molar-refractivity contribution in [2.45, 2.75) is 0 Å². The highest BCUT2D eigenvalue weighted by molar-refractivity contribution is 6.38. The van der Waals surface area contributed by atoms with Gasteiger partial charge in [0.25, 0.3) is 0 Å². The Morgan fingerprint density at radius 2 is 1.52 bits per heavy atom. The molecule has 0 radical (unpaired) electrons. The van der Waals surface area contributed by atoms with E-state index >= 15 is 0 Å². The molecular formula is C15H13Cl2NO3. The molecule has 0 bridgehead atoms. The predicted octanol–water partition coefficient (Wildman–Crippen LogP) is 3.82. The SMILES string of the molecule is COc1cc(Cl)c(C(=O)c2cc(N)ccc2Cl)cc1OC. The molecule has 0 aromatic heterocycles. The third-order valence-electron chi connectivity index (χ3n) is 2.95. The van der Waals surface area contributed by atoms with Gasteiger partial charge in [0.05, 0.1) is 24.3 Å². The normalized spacial score (nSPS) is 10.3. The maximum atomic E-state index is 12.6.